The molecule has 2 aliphatic heterocycles. The predicted octanol–water partition coefficient (Wildman–Crippen LogP) is 1.97. The average molecular weight is 353 g/mol. The SMILES string of the molecule is CC1CC(C2CCCCC2)CN1S(=O)(=O)c1cnn2c1CNCC2. The summed E-state index contributed by atoms with van der Waals surface area (Å²) in [6, 6.07) is 0.0917. The lowest BCUT2D eigenvalue weighted by Crippen LogP contribution is -2.36. The second kappa shape index (κ2) is 6.42. The molecule has 1 N–H and O–H groups in total. The Hall–Kier alpha value is -0.920. The van der Waals surface area contributed by atoms with Crippen LogP contribution in [0.25, 0.3) is 0 Å². The maximum Gasteiger partial charge on any atom is 0.246 e. The molecule has 24 heavy (non-hydrogen) atoms. The first-order chi connectivity index (χ1) is 11.6. The summed E-state index contributed by atoms with van der Waals surface area (Å²) in [7, 11) is -3.45. The van der Waals surface area contributed by atoms with Crippen molar-refractivity contribution in [3.8, 4) is 0 Å². The number of fused-ring (bicyclic) bond motifs is 1. The number of rotatable bonds is 3. The fourth-order valence-corrected chi connectivity index (χ4v) is 6.68. The van der Waals surface area contributed by atoms with Crippen molar-refractivity contribution in [2.45, 2.75) is 69.5 Å². The van der Waals surface area contributed by atoms with Gasteiger partial charge in [0.1, 0.15) is 4.90 Å². The van der Waals surface area contributed by atoms with Crippen LogP contribution in [0.2, 0.25) is 0 Å². The van der Waals surface area contributed by atoms with Crippen molar-refractivity contribution in [2.75, 3.05) is 13.1 Å². The molecule has 2 atom stereocenters. The highest BCUT2D eigenvalue weighted by Gasteiger charge is 2.42. The van der Waals surface area contributed by atoms with Crippen LogP contribution in [-0.4, -0.2) is 41.6 Å². The van der Waals surface area contributed by atoms with Gasteiger partial charge in [-0.2, -0.15) is 9.40 Å². The Bertz CT molecular complexity index is 693. The molecular weight excluding hydrogens is 324 g/mol. The summed E-state index contributed by atoms with van der Waals surface area (Å²) < 4.78 is 30.1. The fourth-order valence-electron chi connectivity index (χ4n) is 4.82. The van der Waals surface area contributed by atoms with E-state index in [1.165, 1.54) is 32.1 Å². The van der Waals surface area contributed by atoms with Gasteiger partial charge in [-0.1, -0.05) is 32.1 Å². The molecule has 1 saturated carbocycles. The highest BCUT2D eigenvalue weighted by atomic mass is 32.2. The first-order valence-corrected chi connectivity index (χ1v) is 10.8. The van der Waals surface area contributed by atoms with Crippen molar-refractivity contribution in [1.82, 2.24) is 19.4 Å². The molecule has 0 spiro atoms. The number of aromatic nitrogens is 2. The van der Waals surface area contributed by atoms with Gasteiger partial charge in [-0.05, 0) is 25.2 Å². The molecule has 1 aromatic rings. The van der Waals surface area contributed by atoms with E-state index in [4.69, 9.17) is 0 Å². The summed E-state index contributed by atoms with van der Waals surface area (Å²) >= 11 is 0. The molecular formula is C17H28N4O2S. The van der Waals surface area contributed by atoms with Gasteiger partial charge < -0.3 is 5.32 Å². The van der Waals surface area contributed by atoms with Gasteiger partial charge in [0.25, 0.3) is 0 Å². The Labute approximate surface area is 144 Å². The van der Waals surface area contributed by atoms with E-state index < -0.39 is 10.0 Å². The van der Waals surface area contributed by atoms with Gasteiger partial charge in [-0.3, -0.25) is 4.68 Å². The third kappa shape index (κ3) is 2.80. The minimum absolute atomic E-state index is 0.0917. The van der Waals surface area contributed by atoms with E-state index in [-0.39, 0.29) is 6.04 Å². The summed E-state index contributed by atoms with van der Waals surface area (Å²) in [6.07, 6.45) is 9.08. The van der Waals surface area contributed by atoms with E-state index in [0.717, 1.165) is 25.2 Å². The Morgan fingerprint density at radius 2 is 2.00 bits per heavy atom. The second-order valence-corrected chi connectivity index (χ2v) is 9.53. The number of sulfonamides is 1. The zero-order valence-electron chi connectivity index (χ0n) is 14.4. The lowest BCUT2D eigenvalue weighted by molar-refractivity contribution is 0.255. The topological polar surface area (TPSA) is 67.2 Å². The lowest BCUT2D eigenvalue weighted by atomic mass is 9.79. The molecule has 4 rings (SSSR count). The van der Waals surface area contributed by atoms with Gasteiger partial charge in [0.05, 0.1) is 18.4 Å². The minimum Gasteiger partial charge on any atom is -0.309 e. The van der Waals surface area contributed by atoms with Crippen LogP contribution in [0.4, 0.5) is 0 Å². The first kappa shape index (κ1) is 16.5. The molecule has 3 aliphatic rings. The third-order valence-corrected chi connectivity index (χ3v) is 8.18. The summed E-state index contributed by atoms with van der Waals surface area (Å²) in [5.41, 5.74) is 0.814. The number of hydrogen-bond donors (Lipinski definition) is 1. The van der Waals surface area contributed by atoms with Crippen LogP contribution in [0.1, 0.15) is 51.1 Å². The van der Waals surface area contributed by atoms with Crippen LogP contribution >= 0.6 is 0 Å². The summed E-state index contributed by atoms with van der Waals surface area (Å²) in [6.45, 7) is 4.92. The summed E-state index contributed by atoms with van der Waals surface area (Å²) in [5, 5.41) is 7.56. The summed E-state index contributed by atoms with van der Waals surface area (Å²) in [4.78, 5) is 0.408. The van der Waals surface area contributed by atoms with Gasteiger partial charge in [-0.25, -0.2) is 8.42 Å². The average Bonchev–Trinajstić information content (AvgIpc) is 3.20. The van der Waals surface area contributed by atoms with Gasteiger partial charge in [-0.15, -0.1) is 0 Å². The van der Waals surface area contributed by atoms with E-state index >= 15 is 0 Å². The molecule has 0 amide bonds. The van der Waals surface area contributed by atoms with Crippen molar-refractivity contribution >= 4 is 10.0 Å². The van der Waals surface area contributed by atoms with Crippen molar-refractivity contribution < 1.29 is 8.42 Å². The largest absolute Gasteiger partial charge is 0.309 e. The molecule has 7 heteroatoms. The molecule has 0 aromatic carbocycles. The molecule has 1 saturated heterocycles. The van der Waals surface area contributed by atoms with Crippen molar-refractivity contribution in [1.29, 1.82) is 0 Å². The smallest absolute Gasteiger partial charge is 0.246 e. The molecule has 0 radical (unpaired) electrons. The highest BCUT2D eigenvalue weighted by molar-refractivity contribution is 7.89. The van der Waals surface area contributed by atoms with Crippen LogP contribution in [-0.2, 0) is 23.1 Å². The molecule has 2 fully saturated rings. The van der Waals surface area contributed by atoms with E-state index in [2.05, 4.69) is 17.3 Å². The van der Waals surface area contributed by atoms with Gasteiger partial charge >= 0.3 is 0 Å². The van der Waals surface area contributed by atoms with Crippen LogP contribution in [0.5, 0.6) is 0 Å². The zero-order valence-corrected chi connectivity index (χ0v) is 15.3. The second-order valence-electron chi connectivity index (χ2n) is 7.67. The number of hydrogen-bond acceptors (Lipinski definition) is 4. The lowest BCUT2D eigenvalue weighted by Gasteiger charge is -2.27. The van der Waals surface area contributed by atoms with Crippen LogP contribution < -0.4 is 5.32 Å². The molecule has 0 bridgehead atoms. The van der Waals surface area contributed by atoms with Gasteiger partial charge in [0.15, 0.2) is 0 Å². The Kier molecular flexibility index (Phi) is 4.43. The van der Waals surface area contributed by atoms with Crippen molar-refractivity contribution in [2.24, 2.45) is 11.8 Å². The van der Waals surface area contributed by atoms with E-state index in [9.17, 15) is 8.42 Å². The van der Waals surface area contributed by atoms with Crippen LogP contribution in [0, 0.1) is 11.8 Å². The molecule has 3 heterocycles. The molecule has 1 aliphatic carbocycles. The van der Waals surface area contributed by atoms with E-state index in [0.29, 0.717) is 29.8 Å². The molecule has 1 aromatic heterocycles. The normalized spacial score (nSPS) is 29.7. The fraction of sp³-hybridized carbons (Fsp3) is 0.824. The third-order valence-electron chi connectivity index (χ3n) is 6.16. The van der Waals surface area contributed by atoms with Gasteiger partial charge in [0.2, 0.25) is 10.0 Å². The summed E-state index contributed by atoms with van der Waals surface area (Å²) in [5.74, 6) is 1.24. The Morgan fingerprint density at radius 1 is 1.21 bits per heavy atom. The maximum atomic E-state index is 13.3. The van der Waals surface area contributed by atoms with E-state index in [1.54, 1.807) is 10.5 Å². The first-order valence-electron chi connectivity index (χ1n) is 9.34. The molecule has 6 nitrogen and oxygen atoms in total. The van der Waals surface area contributed by atoms with Crippen LogP contribution in [0.3, 0.4) is 0 Å². The monoisotopic (exact) mass is 352 g/mol. The zero-order chi connectivity index (χ0) is 16.7. The van der Waals surface area contributed by atoms with Crippen molar-refractivity contribution in [3.63, 3.8) is 0 Å². The van der Waals surface area contributed by atoms with E-state index in [1.807, 2.05) is 4.68 Å². The number of nitrogens with zero attached hydrogens (tertiary/aromatic N) is 3. The highest BCUT2D eigenvalue weighted by Crippen LogP contribution is 2.39. The quantitative estimate of drug-likeness (QED) is 0.903. The maximum absolute atomic E-state index is 13.3. The number of nitrogens with one attached hydrogen (secondary N) is 1. The molecule has 2 unspecified atom stereocenters. The minimum atomic E-state index is -3.45. The predicted molar refractivity (Wildman–Crippen MR) is 92.0 cm³/mol. The van der Waals surface area contributed by atoms with Crippen molar-refractivity contribution in [3.05, 3.63) is 11.9 Å². The van der Waals surface area contributed by atoms with Gasteiger partial charge in [0, 0.05) is 25.7 Å². The Morgan fingerprint density at radius 3 is 2.79 bits per heavy atom. The van der Waals surface area contributed by atoms with Crippen LogP contribution in [0.15, 0.2) is 11.1 Å². The Balaban J connectivity index is 1.57. The molecule has 134 valence electrons. The standard InChI is InChI=1S/C17H28N4O2S/c1-13-9-15(14-5-3-2-4-6-14)12-21(13)24(22,23)17-11-19-20-8-7-18-10-16(17)20/h11,13-15,18H,2-10,12H2,1H3.